The van der Waals surface area contributed by atoms with E-state index in [-0.39, 0.29) is 0 Å². The Kier molecular flexibility index (Phi) is 5.52. The van der Waals surface area contributed by atoms with E-state index in [1.54, 1.807) is 0 Å². The van der Waals surface area contributed by atoms with Gasteiger partial charge in [-0.3, -0.25) is 0 Å². The zero-order chi connectivity index (χ0) is 9.56. The molecule has 0 spiro atoms. The van der Waals surface area contributed by atoms with Crippen LogP contribution in [-0.4, -0.2) is 6.54 Å². The van der Waals surface area contributed by atoms with Crippen molar-refractivity contribution in [2.45, 2.75) is 34.6 Å². The van der Waals surface area contributed by atoms with Crippen LogP contribution in [0.4, 0.5) is 0 Å². The van der Waals surface area contributed by atoms with Crippen molar-refractivity contribution >= 4 is 0 Å². The molecule has 1 nitrogen and oxygen atoms in total. The highest BCUT2D eigenvalue weighted by atomic mass is 14.9. The summed E-state index contributed by atoms with van der Waals surface area (Å²) in [5.41, 5.74) is 2.76. The molecule has 0 saturated carbocycles. The van der Waals surface area contributed by atoms with Crippen molar-refractivity contribution in [3.05, 3.63) is 23.4 Å². The van der Waals surface area contributed by atoms with E-state index < -0.39 is 0 Å². The number of dihydropyridines is 1. The molecule has 0 bridgehead atoms. The first-order valence-corrected chi connectivity index (χ1v) is 4.81. The Labute approximate surface area is 76.6 Å². The molecule has 12 heavy (non-hydrogen) atoms. The van der Waals surface area contributed by atoms with Crippen LogP contribution in [-0.2, 0) is 0 Å². The number of hydrogen-bond donors (Lipinski definition) is 1. The standard InChI is InChI=1S/C9H15N.C2H6/c1-7(2)9-5-4-8(3)10-6-9;1-2/h4-5,7,10H,6H2,1-3H3;1-2H3. The molecule has 1 heterocycles. The van der Waals surface area contributed by atoms with Crippen LogP contribution in [0.5, 0.6) is 0 Å². The minimum atomic E-state index is 0.678. The molecule has 0 aliphatic carbocycles. The molecule has 0 saturated heterocycles. The van der Waals surface area contributed by atoms with Gasteiger partial charge in [-0.25, -0.2) is 0 Å². The van der Waals surface area contributed by atoms with E-state index in [0.717, 1.165) is 6.54 Å². The summed E-state index contributed by atoms with van der Waals surface area (Å²) >= 11 is 0. The monoisotopic (exact) mass is 167 g/mol. The lowest BCUT2D eigenvalue weighted by atomic mass is 10.0. The highest BCUT2D eigenvalue weighted by Gasteiger charge is 2.04. The van der Waals surface area contributed by atoms with Gasteiger partial charge in [-0.1, -0.05) is 33.8 Å². The zero-order valence-electron chi connectivity index (χ0n) is 8.94. The van der Waals surface area contributed by atoms with Crippen molar-refractivity contribution in [1.82, 2.24) is 5.32 Å². The predicted octanol–water partition coefficient (Wildman–Crippen LogP) is 3.10. The molecule has 1 aliphatic heterocycles. The van der Waals surface area contributed by atoms with E-state index in [2.05, 4.69) is 38.2 Å². The van der Waals surface area contributed by atoms with Gasteiger partial charge in [0.1, 0.15) is 0 Å². The zero-order valence-corrected chi connectivity index (χ0v) is 8.94. The first-order chi connectivity index (χ1) is 5.70. The maximum absolute atomic E-state index is 3.31. The smallest absolute Gasteiger partial charge is 0.0362 e. The van der Waals surface area contributed by atoms with Crippen LogP contribution in [0.2, 0.25) is 0 Å². The lowest BCUT2D eigenvalue weighted by Crippen LogP contribution is -2.20. The molecule has 0 amide bonds. The van der Waals surface area contributed by atoms with Crippen molar-refractivity contribution in [2.24, 2.45) is 5.92 Å². The molecule has 0 aromatic carbocycles. The van der Waals surface area contributed by atoms with Gasteiger partial charge in [-0.05, 0) is 24.5 Å². The Balaban J connectivity index is 0.000000561. The molecular formula is C11H21N. The molecule has 0 unspecified atom stereocenters. The topological polar surface area (TPSA) is 12.0 Å². The number of rotatable bonds is 1. The third-order valence-corrected chi connectivity index (χ3v) is 1.86. The van der Waals surface area contributed by atoms with Crippen LogP contribution >= 0.6 is 0 Å². The van der Waals surface area contributed by atoms with E-state index >= 15 is 0 Å². The van der Waals surface area contributed by atoms with Gasteiger partial charge in [0.2, 0.25) is 0 Å². The number of hydrogen-bond acceptors (Lipinski definition) is 1. The fraction of sp³-hybridized carbons (Fsp3) is 0.636. The van der Waals surface area contributed by atoms with Crippen LogP contribution in [0, 0.1) is 5.92 Å². The third kappa shape index (κ3) is 3.61. The maximum Gasteiger partial charge on any atom is 0.0362 e. The second kappa shape index (κ2) is 5.87. The Morgan fingerprint density at radius 1 is 1.25 bits per heavy atom. The van der Waals surface area contributed by atoms with E-state index in [4.69, 9.17) is 0 Å². The van der Waals surface area contributed by atoms with E-state index in [1.807, 2.05) is 13.8 Å². The van der Waals surface area contributed by atoms with Gasteiger partial charge in [0.05, 0.1) is 0 Å². The van der Waals surface area contributed by atoms with Crippen molar-refractivity contribution < 1.29 is 0 Å². The Hall–Kier alpha value is -0.720. The van der Waals surface area contributed by atoms with Gasteiger partial charge in [0.25, 0.3) is 0 Å². The first-order valence-electron chi connectivity index (χ1n) is 4.81. The molecule has 0 atom stereocenters. The normalized spacial score (nSPS) is 15.5. The summed E-state index contributed by atoms with van der Waals surface area (Å²) in [5.74, 6) is 0.678. The minimum Gasteiger partial charge on any atom is -0.385 e. The molecule has 1 heteroatoms. The quantitative estimate of drug-likeness (QED) is 0.632. The summed E-state index contributed by atoms with van der Waals surface area (Å²) in [6.45, 7) is 11.6. The number of nitrogens with one attached hydrogen (secondary N) is 1. The molecule has 0 aromatic heterocycles. The Bertz CT molecular complexity index is 175. The van der Waals surface area contributed by atoms with E-state index in [0.29, 0.717) is 5.92 Å². The van der Waals surface area contributed by atoms with Crippen LogP contribution in [0.3, 0.4) is 0 Å². The van der Waals surface area contributed by atoms with Gasteiger partial charge < -0.3 is 5.32 Å². The minimum absolute atomic E-state index is 0.678. The van der Waals surface area contributed by atoms with Crippen LogP contribution < -0.4 is 5.32 Å². The van der Waals surface area contributed by atoms with Gasteiger partial charge >= 0.3 is 0 Å². The van der Waals surface area contributed by atoms with E-state index in [9.17, 15) is 0 Å². The summed E-state index contributed by atoms with van der Waals surface area (Å²) in [4.78, 5) is 0. The largest absolute Gasteiger partial charge is 0.385 e. The molecule has 0 radical (unpaired) electrons. The third-order valence-electron chi connectivity index (χ3n) is 1.86. The van der Waals surface area contributed by atoms with Gasteiger partial charge in [0.15, 0.2) is 0 Å². The van der Waals surface area contributed by atoms with Gasteiger partial charge in [0, 0.05) is 12.2 Å². The molecule has 1 N–H and O–H groups in total. The lowest BCUT2D eigenvalue weighted by Gasteiger charge is -2.16. The van der Waals surface area contributed by atoms with E-state index in [1.165, 1.54) is 11.3 Å². The fourth-order valence-electron chi connectivity index (χ4n) is 0.988. The first kappa shape index (κ1) is 11.3. The number of allylic oxidation sites excluding steroid dienone is 3. The van der Waals surface area contributed by atoms with Gasteiger partial charge in [-0.2, -0.15) is 0 Å². The predicted molar refractivity (Wildman–Crippen MR) is 56.0 cm³/mol. The molecule has 70 valence electrons. The highest BCUT2D eigenvalue weighted by molar-refractivity contribution is 5.23. The molecule has 1 rings (SSSR count). The van der Waals surface area contributed by atoms with Crippen molar-refractivity contribution in [3.63, 3.8) is 0 Å². The van der Waals surface area contributed by atoms with Gasteiger partial charge in [-0.15, -0.1) is 0 Å². The van der Waals surface area contributed by atoms with Crippen molar-refractivity contribution in [1.29, 1.82) is 0 Å². The van der Waals surface area contributed by atoms with Crippen LogP contribution in [0.1, 0.15) is 34.6 Å². The Morgan fingerprint density at radius 2 is 1.83 bits per heavy atom. The SMILES string of the molecule is CC.CC1=CC=C(C(C)C)CN1. The summed E-state index contributed by atoms with van der Waals surface area (Å²) in [7, 11) is 0. The van der Waals surface area contributed by atoms with Crippen LogP contribution in [0.25, 0.3) is 0 Å². The summed E-state index contributed by atoms with van der Waals surface area (Å²) in [6, 6.07) is 0. The molecular weight excluding hydrogens is 146 g/mol. The average Bonchev–Trinajstić information content (AvgIpc) is 2.09. The van der Waals surface area contributed by atoms with Crippen LogP contribution in [0.15, 0.2) is 23.4 Å². The fourth-order valence-corrected chi connectivity index (χ4v) is 0.988. The molecule has 1 aliphatic rings. The second-order valence-corrected chi connectivity index (χ2v) is 3.10. The lowest BCUT2D eigenvalue weighted by molar-refractivity contribution is 0.697. The average molecular weight is 167 g/mol. The molecule has 0 fully saturated rings. The summed E-state index contributed by atoms with van der Waals surface area (Å²) in [5, 5.41) is 3.31. The summed E-state index contributed by atoms with van der Waals surface area (Å²) in [6.07, 6.45) is 4.36. The van der Waals surface area contributed by atoms with Crippen molar-refractivity contribution in [2.75, 3.05) is 6.54 Å². The van der Waals surface area contributed by atoms with Crippen molar-refractivity contribution in [3.8, 4) is 0 Å². The highest BCUT2D eigenvalue weighted by Crippen LogP contribution is 2.12. The molecule has 0 aromatic rings. The maximum atomic E-state index is 3.31. The second-order valence-electron chi connectivity index (χ2n) is 3.10. The Morgan fingerprint density at radius 3 is 2.17 bits per heavy atom. The summed E-state index contributed by atoms with van der Waals surface area (Å²) < 4.78 is 0.